The summed E-state index contributed by atoms with van der Waals surface area (Å²) >= 11 is 2.57. The minimum absolute atomic E-state index is 0. The molecular formula is C50H50N2O13S2. The Morgan fingerprint density at radius 2 is 1.30 bits per heavy atom. The number of ether oxygens (including phenoxy) is 2. The quantitative estimate of drug-likeness (QED) is 0.0187. The maximum atomic E-state index is 12.2. The molecule has 67 heavy (non-hydrogen) atoms. The van der Waals surface area contributed by atoms with Gasteiger partial charge < -0.3 is 45.1 Å². The molecule has 0 saturated heterocycles. The molecule has 7 aromatic rings. The number of phenolic OH excluding ortho intramolecular Hbond substituents is 5. The van der Waals surface area contributed by atoms with Crippen LogP contribution in [0.4, 0.5) is 0 Å². The lowest BCUT2D eigenvalue weighted by Crippen LogP contribution is -2.14. The molecule has 2 aromatic heterocycles. The fourth-order valence-electron chi connectivity index (χ4n) is 5.89. The van der Waals surface area contributed by atoms with Crippen LogP contribution < -0.4 is 10.3 Å². The van der Waals surface area contributed by atoms with Crippen LogP contribution in [-0.4, -0.2) is 82.9 Å². The van der Waals surface area contributed by atoms with Crippen molar-refractivity contribution in [1.29, 1.82) is 0 Å². The molecule has 15 nitrogen and oxygen atoms in total. The summed E-state index contributed by atoms with van der Waals surface area (Å²) in [5.74, 6) is -2.13. The van der Waals surface area contributed by atoms with Gasteiger partial charge >= 0.3 is 5.97 Å². The molecule has 350 valence electrons. The average molecular weight is 951 g/mol. The van der Waals surface area contributed by atoms with Crippen molar-refractivity contribution in [2.45, 2.75) is 53.8 Å². The number of Topliss-reactive ketones (excluding diaryl/α,β-unsaturated/α-hetero) is 3. The third-order valence-electron chi connectivity index (χ3n) is 9.83. The van der Waals surface area contributed by atoms with E-state index in [9.17, 15) is 49.5 Å². The zero-order valence-electron chi connectivity index (χ0n) is 36.4. The third kappa shape index (κ3) is 14.0. The summed E-state index contributed by atoms with van der Waals surface area (Å²) in [4.78, 5) is 69.0. The topological polar surface area (TPSA) is 254 Å². The largest absolute Gasteiger partial charge is 0.508 e. The number of thiophene rings is 1. The second-order valence-electron chi connectivity index (χ2n) is 14.8. The van der Waals surface area contributed by atoms with Crippen LogP contribution >= 0.6 is 23.1 Å². The summed E-state index contributed by atoms with van der Waals surface area (Å²) in [7, 11) is 0. The van der Waals surface area contributed by atoms with Crippen LogP contribution in [0, 0.1) is 34.6 Å². The molecule has 0 atom stereocenters. The number of aliphatic hydroxyl groups excluding tert-OH is 1. The summed E-state index contributed by atoms with van der Waals surface area (Å²) in [6.45, 7) is 8.55. The normalized spacial score (nSPS) is 10.4. The Labute approximate surface area is 394 Å². The second kappa shape index (κ2) is 23.6. The molecule has 0 aliphatic carbocycles. The smallest absolute Gasteiger partial charge is 0.342 e. The number of aromatic hydroxyl groups is 5. The van der Waals surface area contributed by atoms with Crippen molar-refractivity contribution in [2.75, 3.05) is 19.0 Å². The Morgan fingerprint density at radius 1 is 0.657 bits per heavy atom. The fraction of sp³-hybridized carbons (Fsp3) is 0.200. The van der Waals surface area contributed by atoms with Gasteiger partial charge in [0.15, 0.2) is 41.4 Å². The number of nitrogens with one attached hydrogen (secondary N) is 1. The van der Waals surface area contributed by atoms with Gasteiger partial charge in [0, 0.05) is 22.1 Å². The van der Waals surface area contributed by atoms with E-state index in [1.807, 2.05) is 32.9 Å². The zero-order valence-corrected chi connectivity index (χ0v) is 38.0. The highest BCUT2D eigenvalue weighted by Gasteiger charge is 2.18. The molecule has 0 radical (unpaired) electrons. The van der Waals surface area contributed by atoms with Crippen molar-refractivity contribution in [3.8, 4) is 34.5 Å². The maximum absolute atomic E-state index is 12.2. The Balaban J connectivity index is 0.000000219. The summed E-state index contributed by atoms with van der Waals surface area (Å²) in [6, 6.07) is 24.8. The molecule has 7 rings (SSSR count). The highest BCUT2D eigenvalue weighted by molar-refractivity contribution is 7.99. The van der Waals surface area contributed by atoms with Crippen LogP contribution in [0.3, 0.4) is 0 Å². The number of carbonyl (C=O) groups excluding carboxylic acids is 4. The van der Waals surface area contributed by atoms with Gasteiger partial charge in [0.2, 0.25) is 5.78 Å². The number of H-pyrrole nitrogens is 1. The van der Waals surface area contributed by atoms with E-state index < -0.39 is 12.6 Å². The van der Waals surface area contributed by atoms with Gasteiger partial charge in [-0.2, -0.15) is 0 Å². The molecule has 0 amide bonds. The summed E-state index contributed by atoms with van der Waals surface area (Å²) in [5.41, 5.74) is 4.69. The third-order valence-corrected chi connectivity index (χ3v) is 11.8. The lowest BCUT2D eigenvalue weighted by molar-refractivity contribution is 0.0471. The van der Waals surface area contributed by atoms with Crippen molar-refractivity contribution >= 4 is 56.6 Å². The number of nitrogens with zero attached hydrogens (tertiary/aromatic N) is 1. The predicted molar refractivity (Wildman–Crippen MR) is 257 cm³/mol. The standard InChI is InChI=1S/C17H16O5.C16H14N2O4S2.C16H16O4.CH4/c1-11-2-7-15(19)14(8-11)17(21)22-10-16(20)13-5-3-12(9-18)4-6-13;1-7-8(2)24-15-13(7)14(22)17-16(18-15)23-6-12(21)9-3-4-10(19)11(20)5-9;1-10-3-5-12(6-4-10)20-9-16(19)13-7-11(2)14(17)8-15(13)18;/h2-8,18-19H,9-10H2,1H3;3-5,19-20H,6H2,1-2H3,(H,17,18,22);3-8,17-18H,9H2,1-2H3;1H4. The number of aromatic nitrogens is 2. The molecule has 0 spiro atoms. The zero-order chi connectivity index (χ0) is 48.2. The lowest BCUT2D eigenvalue weighted by Gasteiger charge is -2.08. The molecule has 0 aliphatic rings. The van der Waals surface area contributed by atoms with Gasteiger partial charge in [0.05, 0.1) is 23.3 Å². The van der Waals surface area contributed by atoms with Crippen LogP contribution in [0.2, 0.25) is 0 Å². The highest BCUT2D eigenvalue weighted by Crippen LogP contribution is 2.30. The van der Waals surface area contributed by atoms with Crippen molar-refractivity contribution in [3.63, 3.8) is 0 Å². The number of benzene rings is 5. The van der Waals surface area contributed by atoms with Gasteiger partial charge in [-0.1, -0.05) is 72.8 Å². The van der Waals surface area contributed by atoms with Gasteiger partial charge in [-0.05, 0) is 99.8 Å². The van der Waals surface area contributed by atoms with Crippen molar-refractivity contribution < 1.29 is 59.3 Å². The number of rotatable bonds is 13. The molecule has 0 aliphatic heterocycles. The van der Waals surface area contributed by atoms with Gasteiger partial charge in [-0.3, -0.25) is 19.2 Å². The molecule has 0 unspecified atom stereocenters. The highest BCUT2D eigenvalue weighted by atomic mass is 32.2. The van der Waals surface area contributed by atoms with Crippen LogP contribution in [0.15, 0.2) is 107 Å². The molecule has 5 aromatic carbocycles. The minimum Gasteiger partial charge on any atom is -0.508 e. The molecular weight excluding hydrogens is 901 g/mol. The van der Waals surface area contributed by atoms with E-state index in [4.69, 9.17) is 14.6 Å². The Bertz CT molecular complexity index is 2960. The van der Waals surface area contributed by atoms with Gasteiger partial charge in [0.25, 0.3) is 5.56 Å². The fourth-order valence-corrected chi connectivity index (χ4v) is 7.73. The summed E-state index contributed by atoms with van der Waals surface area (Å²) in [5, 5.41) is 57.4. The van der Waals surface area contributed by atoms with Gasteiger partial charge in [0.1, 0.15) is 33.4 Å². The van der Waals surface area contributed by atoms with E-state index >= 15 is 0 Å². The molecule has 0 saturated carbocycles. The number of ketones is 3. The van der Waals surface area contributed by atoms with E-state index in [0.717, 1.165) is 39.4 Å². The molecule has 17 heteroatoms. The number of hydrogen-bond donors (Lipinski definition) is 7. The number of aryl methyl sites for hydroxylation is 5. The number of carbonyl (C=O) groups is 4. The van der Waals surface area contributed by atoms with E-state index in [1.54, 1.807) is 56.3 Å². The van der Waals surface area contributed by atoms with Gasteiger partial charge in [-0.25, -0.2) is 9.78 Å². The SMILES string of the molecule is C.Cc1ccc(O)c(C(=O)OCC(=O)c2ccc(CO)cc2)c1.Cc1ccc(OCC(=O)c2cc(C)c(O)cc2O)cc1.Cc1sc2nc(SCC(=O)c3ccc(O)c(O)c3)[nH]c(=O)c2c1C. The number of aromatic amines is 1. The molecule has 0 bridgehead atoms. The number of thioether (sulfide) groups is 1. The van der Waals surface area contributed by atoms with E-state index in [0.29, 0.717) is 37.8 Å². The minimum atomic E-state index is -0.749. The lowest BCUT2D eigenvalue weighted by atomic mass is 10.1. The number of phenols is 5. The number of hydrogen-bond acceptors (Lipinski definition) is 16. The van der Waals surface area contributed by atoms with Crippen molar-refractivity contribution in [3.05, 3.63) is 162 Å². The average Bonchev–Trinajstić information content (AvgIpc) is 3.59. The molecule has 2 heterocycles. The van der Waals surface area contributed by atoms with Crippen LogP contribution in [0.25, 0.3) is 10.2 Å². The first kappa shape index (κ1) is 52.2. The number of esters is 1. The van der Waals surface area contributed by atoms with E-state index in [1.165, 1.54) is 47.7 Å². The molecule has 7 N–H and O–H groups in total. The summed E-state index contributed by atoms with van der Waals surface area (Å²) < 4.78 is 10.3. The summed E-state index contributed by atoms with van der Waals surface area (Å²) in [6.07, 6.45) is 0. The first-order valence-corrected chi connectivity index (χ1v) is 21.8. The van der Waals surface area contributed by atoms with Crippen LogP contribution in [0.1, 0.15) is 81.6 Å². The van der Waals surface area contributed by atoms with Crippen LogP contribution in [-0.2, 0) is 11.3 Å². The Kier molecular flexibility index (Phi) is 18.4. The van der Waals surface area contributed by atoms with Crippen molar-refractivity contribution in [1.82, 2.24) is 9.97 Å². The number of fused-ring (bicyclic) bond motifs is 1. The predicted octanol–water partition coefficient (Wildman–Crippen LogP) is 8.83. The Hall–Kier alpha value is -7.47. The van der Waals surface area contributed by atoms with Gasteiger partial charge in [-0.15, -0.1) is 11.3 Å². The maximum Gasteiger partial charge on any atom is 0.342 e. The van der Waals surface area contributed by atoms with E-state index in [2.05, 4.69) is 9.97 Å². The molecule has 0 fully saturated rings. The number of aliphatic hydroxyl groups is 1. The second-order valence-corrected chi connectivity index (χ2v) is 17.0. The monoisotopic (exact) mass is 950 g/mol. The van der Waals surface area contributed by atoms with E-state index in [-0.39, 0.29) is 94.7 Å². The van der Waals surface area contributed by atoms with Crippen LogP contribution in [0.5, 0.6) is 34.5 Å². The van der Waals surface area contributed by atoms with Crippen molar-refractivity contribution in [2.24, 2.45) is 0 Å². The first-order valence-electron chi connectivity index (χ1n) is 20.0. The Morgan fingerprint density at radius 3 is 1.96 bits per heavy atom. The first-order chi connectivity index (χ1) is 31.3.